The van der Waals surface area contributed by atoms with Crippen LogP contribution in [0.15, 0.2) is 23.8 Å². The standard InChI is InChI=1S/C11H16O/c1-3-4-5-6-10-8-7-9(2)11(10)12/h4-5,8-9H,3,6-7H2,1-2H3. The molecule has 0 aliphatic heterocycles. The zero-order chi connectivity index (χ0) is 8.97. The van der Waals surface area contributed by atoms with E-state index in [1.165, 1.54) is 0 Å². The molecule has 1 unspecified atom stereocenters. The molecular formula is C11H16O. The Morgan fingerprint density at radius 1 is 1.58 bits per heavy atom. The third kappa shape index (κ3) is 2.07. The van der Waals surface area contributed by atoms with Gasteiger partial charge in [0.05, 0.1) is 0 Å². The van der Waals surface area contributed by atoms with Crippen molar-refractivity contribution in [2.75, 3.05) is 0 Å². The summed E-state index contributed by atoms with van der Waals surface area (Å²) in [7, 11) is 0. The van der Waals surface area contributed by atoms with Crippen LogP contribution in [0.25, 0.3) is 0 Å². The number of rotatable bonds is 3. The Balaban J connectivity index is 2.44. The third-order valence-electron chi connectivity index (χ3n) is 2.22. The molecular weight excluding hydrogens is 148 g/mol. The summed E-state index contributed by atoms with van der Waals surface area (Å²) < 4.78 is 0. The van der Waals surface area contributed by atoms with Crippen molar-refractivity contribution in [2.24, 2.45) is 5.92 Å². The van der Waals surface area contributed by atoms with Gasteiger partial charge in [-0.1, -0.05) is 32.1 Å². The van der Waals surface area contributed by atoms with E-state index in [1.807, 2.05) is 6.92 Å². The highest BCUT2D eigenvalue weighted by molar-refractivity contribution is 5.99. The summed E-state index contributed by atoms with van der Waals surface area (Å²) in [4.78, 5) is 11.4. The van der Waals surface area contributed by atoms with Crippen LogP contribution >= 0.6 is 0 Å². The lowest BCUT2D eigenvalue weighted by Crippen LogP contribution is -2.05. The molecule has 0 aromatic carbocycles. The van der Waals surface area contributed by atoms with Crippen LogP contribution in [0.4, 0.5) is 0 Å². The van der Waals surface area contributed by atoms with Gasteiger partial charge in [0.25, 0.3) is 0 Å². The van der Waals surface area contributed by atoms with Crippen LogP contribution in [-0.2, 0) is 4.79 Å². The second-order valence-corrected chi connectivity index (χ2v) is 3.31. The Morgan fingerprint density at radius 2 is 2.33 bits per heavy atom. The Kier molecular flexibility index (Phi) is 3.27. The molecule has 0 amide bonds. The summed E-state index contributed by atoms with van der Waals surface area (Å²) in [6, 6.07) is 0. The van der Waals surface area contributed by atoms with E-state index in [1.54, 1.807) is 0 Å². The molecule has 0 spiro atoms. The van der Waals surface area contributed by atoms with Gasteiger partial charge in [0, 0.05) is 5.92 Å². The molecule has 0 aromatic rings. The molecule has 1 nitrogen and oxygen atoms in total. The minimum absolute atomic E-state index is 0.232. The SMILES string of the molecule is CCC=CCC1=CCC(C)C1=O. The van der Waals surface area contributed by atoms with Crippen LogP contribution in [-0.4, -0.2) is 5.78 Å². The van der Waals surface area contributed by atoms with Gasteiger partial charge in [-0.15, -0.1) is 0 Å². The predicted molar refractivity (Wildman–Crippen MR) is 50.9 cm³/mol. The zero-order valence-corrected chi connectivity index (χ0v) is 7.84. The van der Waals surface area contributed by atoms with Gasteiger partial charge in [0.1, 0.15) is 0 Å². The van der Waals surface area contributed by atoms with Crippen molar-refractivity contribution in [1.82, 2.24) is 0 Å². The molecule has 1 aliphatic rings. The van der Waals surface area contributed by atoms with Crippen molar-refractivity contribution in [1.29, 1.82) is 0 Å². The molecule has 0 N–H and O–H groups in total. The molecule has 1 rings (SSSR count). The summed E-state index contributed by atoms with van der Waals surface area (Å²) in [5.41, 5.74) is 1.01. The van der Waals surface area contributed by atoms with Crippen LogP contribution in [0.1, 0.15) is 33.1 Å². The average molecular weight is 164 g/mol. The summed E-state index contributed by atoms with van der Waals surface area (Å²) >= 11 is 0. The van der Waals surface area contributed by atoms with Crippen LogP contribution in [0.5, 0.6) is 0 Å². The van der Waals surface area contributed by atoms with Crippen LogP contribution in [0, 0.1) is 5.92 Å². The first-order valence-corrected chi connectivity index (χ1v) is 4.64. The molecule has 0 fully saturated rings. The minimum atomic E-state index is 0.232. The van der Waals surface area contributed by atoms with Gasteiger partial charge < -0.3 is 0 Å². The fourth-order valence-electron chi connectivity index (χ4n) is 1.40. The van der Waals surface area contributed by atoms with Crippen LogP contribution in [0.2, 0.25) is 0 Å². The number of hydrogen-bond donors (Lipinski definition) is 0. The van der Waals surface area contributed by atoms with Gasteiger partial charge in [-0.05, 0) is 24.8 Å². The highest BCUT2D eigenvalue weighted by Gasteiger charge is 2.21. The van der Waals surface area contributed by atoms with Crippen LogP contribution < -0.4 is 0 Å². The number of carbonyl (C=O) groups is 1. The van der Waals surface area contributed by atoms with E-state index >= 15 is 0 Å². The molecule has 0 aromatic heterocycles. The second-order valence-electron chi connectivity index (χ2n) is 3.31. The first-order valence-electron chi connectivity index (χ1n) is 4.64. The van der Waals surface area contributed by atoms with Gasteiger partial charge in [-0.2, -0.15) is 0 Å². The van der Waals surface area contributed by atoms with E-state index in [0.717, 1.165) is 24.8 Å². The van der Waals surface area contributed by atoms with Gasteiger partial charge in [0.2, 0.25) is 0 Å². The highest BCUT2D eigenvalue weighted by atomic mass is 16.1. The second kappa shape index (κ2) is 4.24. The molecule has 0 saturated heterocycles. The summed E-state index contributed by atoms with van der Waals surface area (Å²) in [5.74, 6) is 0.575. The van der Waals surface area contributed by atoms with Gasteiger partial charge in [-0.3, -0.25) is 4.79 Å². The molecule has 0 saturated carbocycles. The van der Waals surface area contributed by atoms with Crippen molar-refractivity contribution < 1.29 is 4.79 Å². The number of Topliss-reactive ketones (excluding diaryl/α,β-unsaturated/α-hetero) is 1. The molecule has 0 heterocycles. The zero-order valence-electron chi connectivity index (χ0n) is 7.84. The highest BCUT2D eigenvalue weighted by Crippen LogP contribution is 2.22. The third-order valence-corrected chi connectivity index (χ3v) is 2.22. The predicted octanol–water partition coefficient (Wildman–Crippen LogP) is 2.88. The van der Waals surface area contributed by atoms with E-state index in [2.05, 4.69) is 25.2 Å². The van der Waals surface area contributed by atoms with E-state index in [0.29, 0.717) is 5.78 Å². The fraction of sp³-hybridized carbons (Fsp3) is 0.545. The molecule has 66 valence electrons. The Labute approximate surface area is 74.2 Å². The quantitative estimate of drug-likeness (QED) is 0.586. The molecule has 12 heavy (non-hydrogen) atoms. The molecule has 1 heteroatoms. The van der Waals surface area contributed by atoms with E-state index in [9.17, 15) is 4.79 Å². The molecule has 0 bridgehead atoms. The van der Waals surface area contributed by atoms with Crippen molar-refractivity contribution in [3.05, 3.63) is 23.8 Å². The fourth-order valence-corrected chi connectivity index (χ4v) is 1.40. The Bertz CT molecular complexity index is 223. The monoisotopic (exact) mass is 164 g/mol. The van der Waals surface area contributed by atoms with E-state index < -0.39 is 0 Å². The smallest absolute Gasteiger partial charge is 0.161 e. The topological polar surface area (TPSA) is 17.1 Å². The summed E-state index contributed by atoms with van der Waals surface area (Å²) in [5, 5.41) is 0. The molecule has 1 atom stereocenters. The number of ketones is 1. The first-order chi connectivity index (χ1) is 5.75. The van der Waals surface area contributed by atoms with Crippen molar-refractivity contribution >= 4 is 5.78 Å². The van der Waals surface area contributed by atoms with Crippen molar-refractivity contribution in [3.63, 3.8) is 0 Å². The average Bonchev–Trinajstić information content (AvgIpc) is 2.36. The first kappa shape index (κ1) is 9.24. The van der Waals surface area contributed by atoms with Crippen molar-refractivity contribution in [3.8, 4) is 0 Å². The summed E-state index contributed by atoms with van der Waals surface area (Å²) in [6.45, 7) is 4.10. The maximum absolute atomic E-state index is 11.4. The lowest BCUT2D eigenvalue weighted by Gasteiger charge is -1.98. The van der Waals surface area contributed by atoms with Gasteiger partial charge in [0.15, 0.2) is 5.78 Å². The normalized spacial score (nSPS) is 23.7. The Morgan fingerprint density at radius 3 is 2.83 bits per heavy atom. The Hall–Kier alpha value is -0.850. The van der Waals surface area contributed by atoms with Crippen molar-refractivity contribution in [2.45, 2.75) is 33.1 Å². The lowest BCUT2D eigenvalue weighted by molar-refractivity contribution is -0.117. The largest absolute Gasteiger partial charge is 0.294 e. The van der Waals surface area contributed by atoms with Gasteiger partial charge in [-0.25, -0.2) is 0 Å². The number of hydrogen-bond acceptors (Lipinski definition) is 1. The molecule has 1 aliphatic carbocycles. The number of carbonyl (C=O) groups excluding carboxylic acids is 1. The van der Waals surface area contributed by atoms with Gasteiger partial charge >= 0.3 is 0 Å². The van der Waals surface area contributed by atoms with E-state index in [-0.39, 0.29) is 5.92 Å². The van der Waals surface area contributed by atoms with Crippen LogP contribution in [0.3, 0.4) is 0 Å². The lowest BCUT2D eigenvalue weighted by atomic mass is 10.0. The maximum atomic E-state index is 11.4. The molecule has 0 radical (unpaired) electrons. The summed E-state index contributed by atoms with van der Waals surface area (Å²) in [6.07, 6.45) is 9.09. The number of allylic oxidation sites excluding steroid dienone is 4. The maximum Gasteiger partial charge on any atom is 0.161 e. The minimum Gasteiger partial charge on any atom is -0.294 e. The van der Waals surface area contributed by atoms with E-state index in [4.69, 9.17) is 0 Å².